The molecule has 0 atom stereocenters. The second kappa shape index (κ2) is 5.67. The quantitative estimate of drug-likeness (QED) is 0.389. The molecule has 1 aromatic carbocycles. The molecule has 0 saturated heterocycles. The van der Waals surface area contributed by atoms with Gasteiger partial charge in [-0.1, -0.05) is 12.1 Å². The topological polar surface area (TPSA) is 115 Å². The average Bonchev–Trinajstić information content (AvgIpc) is 3.09. The van der Waals surface area contributed by atoms with E-state index < -0.39 is 0 Å². The zero-order valence-electron chi connectivity index (χ0n) is 11.3. The van der Waals surface area contributed by atoms with Crippen molar-refractivity contribution in [2.24, 2.45) is 10.8 Å². The van der Waals surface area contributed by atoms with Crippen molar-refractivity contribution < 1.29 is 0 Å². The molecule has 3 aromatic rings. The minimum absolute atomic E-state index is 0.154. The van der Waals surface area contributed by atoms with Gasteiger partial charge in [0.15, 0.2) is 10.8 Å². The fourth-order valence-electron chi connectivity index (χ4n) is 1.85. The Hall–Kier alpha value is -3.18. The van der Waals surface area contributed by atoms with Crippen LogP contribution in [0.3, 0.4) is 0 Å². The van der Waals surface area contributed by atoms with Crippen LogP contribution < -0.4 is 11.2 Å². The fraction of sp³-hybridized carbons (Fsp3) is 0. The summed E-state index contributed by atoms with van der Waals surface area (Å²) in [5.74, 6) is -0.371. The summed E-state index contributed by atoms with van der Waals surface area (Å²) in [6.07, 6.45) is 3.93. The van der Waals surface area contributed by atoms with Crippen LogP contribution in [-0.4, -0.2) is 20.9 Å². The summed E-state index contributed by atoms with van der Waals surface area (Å²) in [5.41, 5.74) is 10.3. The molecule has 0 aliphatic carbocycles. The van der Waals surface area contributed by atoms with Crippen LogP contribution in [0.25, 0.3) is 16.2 Å². The largest absolute Gasteiger partial charge is 0.382 e. The normalized spacial score (nSPS) is 11.3. The molecule has 7 nitrogen and oxygen atoms in total. The Kier molecular flexibility index (Phi) is 3.55. The number of fused-ring (bicyclic) bond motifs is 1. The Balaban J connectivity index is 1.79. The van der Waals surface area contributed by atoms with E-state index in [0.717, 1.165) is 16.2 Å². The lowest BCUT2D eigenvalue weighted by Crippen LogP contribution is -2.21. The van der Waals surface area contributed by atoms with Gasteiger partial charge in [0.05, 0.1) is 11.4 Å². The summed E-state index contributed by atoms with van der Waals surface area (Å²) in [5, 5.41) is 21.7. The summed E-state index contributed by atoms with van der Waals surface area (Å²) >= 11 is 1.58. The molecule has 0 unspecified atom stereocenters. The van der Waals surface area contributed by atoms with E-state index in [9.17, 15) is 0 Å². The minimum atomic E-state index is -0.371. The van der Waals surface area contributed by atoms with Crippen molar-refractivity contribution in [1.82, 2.24) is 9.38 Å². The number of aromatic nitrogens is 2. The van der Waals surface area contributed by atoms with Crippen molar-refractivity contribution in [2.45, 2.75) is 0 Å². The Morgan fingerprint density at radius 3 is 2.82 bits per heavy atom. The molecule has 2 heterocycles. The van der Waals surface area contributed by atoms with Gasteiger partial charge in [-0.05, 0) is 12.1 Å². The molecule has 0 saturated carbocycles. The number of hydrogen-bond acceptors (Lipinski definition) is 6. The molecule has 2 aromatic heterocycles. The van der Waals surface area contributed by atoms with Gasteiger partial charge in [0, 0.05) is 23.3 Å². The van der Waals surface area contributed by atoms with Crippen molar-refractivity contribution in [1.29, 1.82) is 10.7 Å². The number of nitrogens with two attached hydrogens (primary N) is 1. The average molecular weight is 309 g/mol. The number of nitrogens with zero attached hydrogens (tertiary/aromatic N) is 4. The summed E-state index contributed by atoms with van der Waals surface area (Å²) in [6, 6.07) is 9.20. The fourth-order valence-corrected chi connectivity index (χ4v) is 2.55. The molecule has 4 N–H and O–H groups in total. The maximum absolute atomic E-state index is 8.76. The maximum Gasteiger partial charge on any atom is 0.201 e. The van der Waals surface area contributed by atoms with Gasteiger partial charge in [0.1, 0.15) is 6.07 Å². The van der Waals surface area contributed by atoms with E-state index in [2.05, 4.69) is 15.5 Å². The highest BCUT2D eigenvalue weighted by molar-refractivity contribution is 7.15. The first-order chi connectivity index (χ1) is 10.7. The Labute approximate surface area is 129 Å². The molecule has 0 spiro atoms. The molecule has 108 valence electrons. The van der Waals surface area contributed by atoms with Crippen LogP contribution in [0.15, 0.2) is 47.1 Å². The van der Waals surface area contributed by atoms with Crippen molar-refractivity contribution >= 4 is 33.5 Å². The lowest BCUT2D eigenvalue weighted by molar-refractivity contribution is 1.23. The molecule has 0 aliphatic rings. The first-order valence-corrected chi connectivity index (χ1v) is 7.16. The molecule has 3 rings (SSSR count). The van der Waals surface area contributed by atoms with Crippen LogP contribution in [-0.2, 0) is 0 Å². The van der Waals surface area contributed by atoms with Gasteiger partial charge in [-0.25, -0.2) is 4.98 Å². The number of thiazole rings is 1. The Morgan fingerprint density at radius 1 is 1.41 bits per heavy atom. The summed E-state index contributed by atoms with van der Waals surface area (Å²) in [7, 11) is 0. The van der Waals surface area contributed by atoms with Crippen LogP contribution in [0.1, 0.15) is 0 Å². The van der Waals surface area contributed by atoms with Gasteiger partial charge < -0.3 is 5.73 Å². The number of rotatable bonds is 4. The molecule has 0 fully saturated rings. The number of hydrogen-bond donors (Lipinski definition) is 3. The van der Waals surface area contributed by atoms with Gasteiger partial charge in [-0.2, -0.15) is 10.4 Å². The van der Waals surface area contributed by atoms with E-state index in [4.69, 9.17) is 16.4 Å². The number of imidazole rings is 1. The standard InChI is InChI=1S/C14H11N7S/c15-7-11(13(16)17)20-19-10-3-1-9(2-4-10)12-8-21-5-6-22-14(21)18-12/h1-6,8,19H,(H3,16,17)/b20-11+. The SMILES string of the molecule is N#C/C(=N\Nc1ccc(-c2cn3ccsc3n2)cc1)C(=N)N. The lowest BCUT2D eigenvalue weighted by atomic mass is 10.1. The van der Waals surface area contributed by atoms with Crippen LogP contribution in [0, 0.1) is 16.7 Å². The van der Waals surface area contributed by atoms with Crippen LogP contribution in [0.2, 0.25) is 0 Å². The predicted octanol–water partition coefficient (Wildman–Crippen LogP) is 2.29. The summed E-state index contributed by atoms with van der Waals surface area (Å²) in [6.45, 7) is 0. The molecule has 0 radical (unpaired) electrons. The van der Waals surface area contributed by atoms with E-state index in [1.807, 2.05) is 46.4 Å². The van der Waals surface area contributed by atoms with Crippen molar-refractivity contribution in [3.8, 4) is 17.3 Å². The molecule has 0 aliphatic heterocycles. The van der Waals surface area contributed by atoms with Crippen LogP contribution >= 0.6 is 11.3 Å². The first-order valence-electron chi connectivity index (χ1n) is 6.28. The molecule has 0 amide bonds. The third-order valence-corrected chi connectivity index (χ3v) is 3.70. The zero-order chi connectivity index (χ0) is 15.5. The number of nitrogens with one attached hydrogen (secondary N) is 2. The third kappa shape index (κ3) is 2.65. The van der Waals surface area contributed by atoms with Crippen molar-refractivity contribution in [3.05, 3.63) is 42.0 Å². The second-order valence-electron chi connectivity index (χ2n) is 4.39. The number of amidine groups is 1. The van der Waals surface area contributed by atoms with E-state index >= 15 is 0 Å². The third-order valence-electron chi connectivity index (χ3n) is 2.93. The smallest absolute Gasteiger partial charge is 0.201 e. The molecular weight excluding hydrogens is 298 g/mol. The number of hydrazone groups is 1. The Morgan fingerprint density at radius 2 is 2.18 bits per heavy atom. The molecule has 22 heavy (non-hydrogen) atoms. The van der Waals surface area contributed by atoms with Gasteiger partial charge in [-0.3, -0.25) is 15.2 Å². The van der Waals surface area contributed by atoms with Crippen LogP contribution in [0.4, 0.5) is 5.69 Å². The molecule has 8 heteroatoms. The number of benzene rings is 1. The monoisotopic (exact) mass is 309 g/mol. The summed E-state index contributed by atoms with van der Waals surface area (Å²) < 4.78 is 1.97. The lowest BCUT2D eigenvalue weighted by Gasteiger charge is -2.02. The van der Waals surface area contributed by atoms with E-state index in [1.54, 1.807) is 17.4 Å². The Bertz CT molecular complexity index is 867. The number of nitriles is 1. The highest BCUT2D eigenvalue weighted by Gasteiger charge is 2.05. The van der Waals surface area contributed by atoms with E-state index in [-0.39, 0.29) is 11.5 Å². The van der Waals surface area contributed by atoms with Gasteiger partial charge in [0.2, 0.25) is 5.71 Å². The summed E-state index contributed by atoms with van der Waals surface area (Å²) in [4.78, 5) is 5.48. The zero-order valence-corrected chi connectivity index (χ0v) is 12.1. The van der Waals surface area contributed by atoms with Crippen molar-refractivity contribution in [2.75, 3.05) is 5.43 Å². The highest BCUT2D eigenvalue weighted by Crippen LogP contribution is 2.23. The highest BCUT2D eigenvalue weighted by atomic mass is 32.1. The molecule has 0 bridgehead atoms. The van der Waals surface area contributed by atoms with E-state index in [0.29, 0.717) is 5.69 Å². The van der Waals surface area contributed by atoms with Gasteiger partial charge in [-0.15, -0.1) is 11.3 Å². The minimum Gasteiger partial charge on any atom is -0.382 e. The van der Waals surface area contributed by atoms with Crippen molar-refractivity contribution in [3.63, 3.8) is 0 Å². The molecular formula is C14H11N7S. The van der Waals surface area contributed by atoms with Crippen LogP contribution in [0.5, 0.6) is 0 Å². The predicted molar refractivity (Wildman–Crippen MR) is 87.1 cm³/mol. The second-order valence-corrected chi connectivity index (χ2v) is 5.27. The number of anilines is 1. The van der Waals surface area contributed by atoms with Gasteiger partial charge >= 0.3 is 0 Å². The van der Waals surface area contributed by atoms with E-state index in [1.165, 1.54) is 0 Å². The maximum atomic E-state index is 8.76. The van der Waals surface area contributed by atoms with Gasteiger partial charge in [0.25, 0.3) is 0 Å². The first kappa shape index (κ1) is 13.8.